The maximum absolute atomic E-state index is 12.8. The molecule has 2 aromatic rings. The standard InChI is InChI=1S/C47H82NO10P/c1-9-11-21-27-41-35-38(3)43(56-41)28-23-17-13-16-20-26-32-47(50)57-42(37-55-59(51,52)54-34-33-48(6,7)8)36-53-46(49)31-25-19-15-14-18-24-30-45-40(5)39(4)44(58-45)29-22-12-10-2/h35,42H,9-34,36-37H2,1-8H3/p+1. The first-order chi connectivity index (χ1) is 28.1. The van der Waals surface area contributed by atoms with Crippen molar-refractivity contribution in [3.8, 4) is 0 Å². The highest BCUT2D eigenvalue weighted by molar-refractivity contribution is 7.47. The lowest BCUT2D eigenvalue weighted by atomic mass is 10.0. The van der Waals surface area contributed by atoms with Gasteiger partial charge in [-0.25, -0.2) is 4.57 Å². The van der Waals surface area contributed by atoms with Crippen molar-refractivity contribution >= 4 is 19.8 Å². The zero-order valence-electron chi connectivity index (χ0n) is 38.5. The third kappa shape index (κ3) is 24.6. The first kappa shape index (κ1) is 52.7. The summed E-state index contributed by atoms with van der Waals surface area (Å²) in [7, 11) is 1.43. The third-order valence-electron chi connectivity index (χ3n) is 11.0. The van der Waals surface area contributed by atoms with E-state index in [1.165, 1.54) is 55.2 Å². The second kappa shape index (κ2) is 29.8. The second-order valence-electron chi connectivity index (χ2n) is 17.6. The van der Waals surface area contributed by atoms with Gasteiger partial charge in [-0.05, 0) is 82.1 Å². The molecule has 2 aromatic heterocycles. The van der Waals surface area contributed by atoms with Crippen LogP contribution in [0.1, 0.15) is 182 Å². The number of furan rings is 2. The number of esters is 2. The van der Waals surface area contributed by atoms with E-state index < -0.39 is 32.5 Å². The molecule has 340 valence electrons. The van der Waals surface area contributed by atoms with Gasteiger partial charge in [0.1, 0.15) is 42.8 Å². The van der Waals surface area contributed by atoms with Crippen LogP contribution in [0.4, 0.5) is 0 Å². The molecular formula is C47H83NO10P+. The van der Waals surface area contributed by atoms with E-state index in [1.54, 1.807) is 0 Å². The van der Waals surface area contributed by atoms with Crippen molar-refractivity contribution in [3.63, 3.8) is 0 Å². The summed E-state index contributed by atoms with van der Waals surface area (Å²) in [6, 6.07) is 2.19. The van der Waals surface area contributed by atoms with Crippen molar-refractivity contribution in [2.45, 2.75) is 195 Å². The van der Waals surface area contributed by atoms with Crippen LogP contribution in [-0.4, -0.2) is 74.9 Å². The normalized spacial score (nSPS) is 13.4. The number of hydrogen-bond acceptors (Lipinski definition) is 9. The van der Waals surface area contributed by atoms with Crippen molar-refractivity contribution in [2.24, 2.45) is 0 Å². The zero-order valence-corrected chi connectivity index (χ0v) is 39.4. The molecule has 2 atom stereocenters. The maximum Gasteiger partial charge on any atom is 0.472 e. The van der Waals surface area contributed by atoms with Crippen molar-refractivity contribution in [1.82, 2.24) is 0 Å². The van der Waals surface area contributed by atoms with Crippen LogP contribution < -0.4 is 0 Å². The minimum atomic E-state index is -4.40. The van der Waals surface area contributed by atoms with Gasteiger partial charge >= 0.3 is 19.8 Å². The van der Waals surface area contributed by atoms with E-state index in [0.717, 1.165) is 113 Å². The number of aryl methyl sites for hydroxylation is 5. The van der Waals surface area contributed by atoms with Gasteiger partial charge in [0.15, 0.2) is 6.10 Å². The van der Waals surface area contributed by atoms with Gasteiger partial charge in [-0.15, -0.1) is 0 Å². The highest BCUT2D eigenvalue weighted by Crippen LogP contribution is 2.43. The zero-order chi connectivity index (χ0) is 43.5. The van der Waals surface area contributed by atoms with E-state index in [4.69, 9.17) is 27.4 Å². The van der Waals surface area contributed by atoms with Crippen LogP contribution in [0.3, 0.4) is 0 Å². The van der Waals surface area contributed by atoms with Gasteiger partial charge in [-0.1, -0.05) is 90.9 Å². The fraction of sp³-hybridized carbons (Fsp3) is 0.787. The predicted octanol–water partition coefficient (Wildman–Crippen LogP) is 11.8. The number of carbonyl (C=O) groups is 2. The lowest BCUT2D eigenvalue weighted by molar-refractivity contribution is -0.870. The number of hydrogen-bond donors (Lipinski definition) is 1. The molecule has 2 heterocycles. The van der Waals surface area contributed by atoms with E-state index in [2.05, 4.69) is 40.7 Å². The highest BCUT2D eigenvalue weighted by atomic mass is 31.2. The summed E-state index contributed by atoms with van der Waals surface area (Å²) < 4.78 is 46.8. The summed E-state index contributed by atoms with van der Waals surface area (Å²) in [6.45, 7) is 10.7. The first-order valence-electron chi connectivity index (χ1n) is 23.1. The van der Waals surface area contributed by atoms with Crippen LogP contribution in [0.2, 0.25) is 0 Å². The number of rotatable bonds is 36. The van der Waals surface area contributed by atoms with E-state index in [9.17, 15) is 19.0 Å². The Hall–Kier alpha value is -2.43. The van der Waals surface area contributed by atoms with Crippen LogP contribution in [0.15, 0.2) is 14.9 Å². The number of phosphoric ester groups is 1. The number of likely N-dealkylation sites (N-methyl/N-ethyl adjacent to an activating group) is 1. The van der Waals surface area contributed by atoms with E-state index in [-0.39, 0.29) is 26.1 Å². The first-order valence-corrected chi connectivity index (χ1v) is 24.6. The maximum atomic E-state index is 12.8. The van der Waals surface area contributed by atoms with Crippen LogP contribution in [0.25, 0.3) is 0 Å². The number of ether oxygens (including phenoxy) is 2. The smallest absolute Gasteiger partial charge is 0.466 e. The van der Waals surface area contributed by atoms with E-state index in [1.807, 2.05) is 21.1 Å². The molecule has 0 bridgehead atoms. The Morgan fingerprint density at radius 2 is 1.14 bits per heavy atom. The van der Waals surface area contributed by atoms with E-state index >= 15 is 0 Å². The molecule has 1 N–H and O–H groups in total. The molecule has 11 nitrogen and oxygen atoms in total. The van der Waals surface area contributed by atoms with Gasteiger partial charge in [-0.3, -0.25) is 18.6 Å². The minimum absolute atomic E-state index is 0.0165. The highest BCUT2D eigenvalue weighted by Gasteiger charge is 2.27. The van der Waals surface area contributed by atoms with Gasteiger partial charge in [0.2, 0.25) is 0 Å². The quantitative estimate of drug-likeness (QED) is 0.0305. The minimum Gasteiger partial charge on any atom is -0.466 e. The van der Waals surface area contributed by atoms with Gasteiger partial charge in [0.25, 0.3) is 0 Å². The number of phosphoric acid groups is 1. The van der Waals surface area contributed by atoms with Crippen LogP contribution in [0, 0.1) is 20.8 Å². The van der Waals surface area contributed by atoms with Crippen LogP contribution in [-0.2, 0) is 58.4 Å². The Kier molecular flexibility index (Phi) is 26.6. The van der Waals surface area contributed by atoms with Crippen molar-refractivity contribution in [2.75, 3.05) is 47.5 Å². The number of quaternary nitrogens is 1. The summed E-state index contributed by atoms with van der Waals surface area (Å²) in [5.74, 6) is 3.64. The Balaban J connectivity index is 1.69. The van der Waals surface area contributed by atoms with Crippen molar-refractivity contribution < 1.29 is 50.9 Å². The fourth-order valence-electron chi connectivity index (χ4n) is 7.03. The van der Waals surface area contributed by atoms with Gasteiger partial charge < -0.3 is 27.7 Å². The van der Waals surface area contributed by atoms with Crippen LogP contribution in [0.5, 0.6) is 0 Å². The van der Waals surface area contributed by atoms with Gasteiger partial charge in [-0.2, -0.15) is 0 Å². The molecular weight excluding hydrogens is 769 g/mol. The van der Waals surface area contributed by atoms with Gasteiger partial charge in [0, 0.05) is 38.5 Å². The Morgan fingerprint density at radius 3 is 1.69 bits per heavy atom. The molecule has 0 aliphatic heterocycles. The van der Waals surface area contributed by atoms with Crippen molar-refractivity contribution in [1.29, 1.82) is 0 Å². The average molecular weight is 853 g/mol. The lowest BCUT2D eigenvalue weighted by Gasteiger charge is -2.24. The summed E-state index contributed by atoms with van der Waals surface area (Å²) in [6.07, 6.45) is 22.4. The molecule has 59 heavy (non-hydrogen) atoms. The molecule has 0 spiro atoms. The molecule has 0 aliphatic carbocycles. The Bertz CT molecular complexity index is 1490. The van der Waals surface area contributed by atoms with Gasteiger partial charge in [0.05, 0.1) is 27.7 Å². The summed E-state index contributed by atoms with van der Waals surface area (Å²) in [5.41, 5.74) is 3.86. The monoisotopic (exact) mass is 853 g/mol. The Morgan fingerprint density at radius 1 is 0.644 bits per heavy atom. The summed E-state index contributed by atoms with van der Waals surface area (Å²) in [5, 5.41) is 0. The molecule has 0 radical (unpaired) electrons. The SMILES string of the molecule is CCCCCc1cc(C)c(CCCCCCCCC(=O)OC(COC(=O)CCCCCCCCc2oc(CCCCC)c(C)c2C)COP(=O)(O)OCC[N+](C)(C)C)o1. The summed E-state index contributed by atoms with van der Waals surface area (Å²) in [4.78, 5) is 35.7. The largest absolute Gasteiger partial charge is 0.472 e. The van der Waals surface area contributed by atoms with Crippen LogP contribution >= 0.6 is 7.82 Å². The van der Waals surface area contributed by atoms with Crippen molar-refractivity contribution in [3.05, 3.63) is 45.8 Å². The fourth-order valence-corrected chi connectivity index (χ4v) is 7.77. The molecule has 2 rings (SSSR count). The second-order valence-corrected chi connectivity index (χ2v) is 19.0. The third-order valence-corrected chi connectivity index (χ3v) is 12.0. The van der Waals surface area contributed by atoms with E-state index in [0.29, 0.717) is 23.9 Å². The number of nitrogens with zero attached hydrogens (tertiary/aromatic N) is 1. The molecule has 0 saturated carbocycles. The average Bonchev–Trinajstić information content (AvgIpc) is 3.66. The molecule has 0 saturated heterocycles. The summed E-state index contributed by atoms with van der Waals surface area (Å²) >= 11 is 0. The molecule has 0 aromatic carbocycles. The number of carbonyl (C=O) groups excluding carboxylic acids is 2. The topological polar surface area (TPSA) is 135 Å². The predicted molar refractivity (Wildman–Crippen MR) is 236 cm³/mol. The molecule has 12 heteroatoms. The molecule has 0 amide bonds. The Labute approximate surface area is 357 Å². The lowest BCUT2D eigenvalue weighted by Crippen LogP contribution is -2.37. The molecule has 0 fully saturated rings. The molecule has 0 aliphatic rings. The molecule has 2 unspecified atom stereocenters. The number of unbranched alkanes of at least 4 members (excludes halogenated alkanes) is 14.